The van der Waals surface area contributed by atoms with E-state index in [4.69, 9.17) is 4.74 Å². The van der Waals surface area contributed by atoms with E-state index in [2.05, 4.69) is 13.8 Å². The van der Waals surface area contributed by atoms with Crippen molar-refractivity contribution >= 4 is 0 Å². The lowest BCUT2D eigenvalue weighted by molar-refractivity contribution is -0.323. The van der Waals surface area contributed by atoms with Gasteiger partial charge in [0.25, 0.3) is 0 Å². The molecule has 5 unspecified atom stereocenters. The molecule has 5 nitrogen and oxygen atoms in total. The molecule has 4 N–H and O–H groups in total. The quantitative estimate of drug-likeness (QED) is 0.513. The van der Waals surface area contributed by atoms with Crippen LogP contribution in [0.25, 0.3) is 0 Å². The molecule has 3 aliphatic carbocycles. The Morgan fingerprint density at radius 2 is 1.63 bits per heavy atom. The van der Waals surface area contributed by atoms with Gasteiger partial charge < -0.3 is 25.2 Å². The van der Waals surface area contributed by atoms with Crippen molar-refractivity contribution in [1.82, 2.24) is 0 Å². The highest BCUT2D eigenvalue weighted by Crippen LogP contribution is 2.73. The van der Waals surface area contributed by atoms with E-state index in [-0.39, 0.29) is 33.7 Å². The average Bonchev–Trinajstić information content (AvgIpc) is 2.66. The first-order valence-corrected chi connectivity index (χ1v) is 11.6. The van der Waals surface area contributed by atoms with E-state index in [1.807, 2.05) is 6.92 Å². The zero-order valence-electron chi connectivity index (χ0n) is 18.4. The van der Waals surface area contributed by atoms with E-state index in [1.165, 1.54) is 12.1 Å². The van der Waals surface area contributed by atoms with Gasteiger partial charge in [-0.2, -0.15) is 0 Å². The molecule has 3 saturated carbocycles. The van der Waals surface area contributed by atoms with E-state index in [9.17, 15) is 20.4 Å². The minimum atomic E-state index is -0.965. The van der Waals surface area contributed by atoms with Crippen molar-refractivity contribution in [2.45, 2.75) is 83.5 Å². The molecule has 30 heavy (non-hydrogen) atoms. The molecule has 2 bridgehead atoms. The number of rotatable bonds is 1. The minimum absolute atomic E-state index is 0.000421. The number of phenolic OH excluding ortho intramolecular Hbond substituents is 2. The number of hydrogen-bond acceptors (Lipinski definition) is 5. The van der Waals surface area contributed by atoms with Crippen LogP contribution >= 0.6 is 0 Å². The van der Waals surface area contributed by atoms with Crippen molar-refractivity contribution < 1.29 is 25.2 Å². The van der Waals surface area contributed by atoms with Gasteiger partial charge in [0.15, 0.2) is 6.29 Å². The van der Waals surface area contributed by atoms with Crippen LogP contribution in [-0.4, -0.2) is 38.9 Å². The first-order chi connectivity index (χ1) is 14.0. The molecule has 0 radical (unpaired) electrons. The second kappa shape index (κ2) is 6.36. The normalized spacial score (nSPS) is 50.4. The van der Waals surface area contributed by atoms with Crippen LogP contribution in [0, 0.1) is 28.1 Å². The second-order valence-corrected chi connectivity index (χ2v) is 11.5. The predicted molar refractivity (Wildman–Crippen MR) is 113 cm³/mol. The van der Waals surface area contributed by atoms with Gasteiger partial charge in [-0.15, -0.1) is 0 Å². The van der Waals surface area contributed by atoms with Crippen molar-refractivity contribution in [3.8, 4) is 11.5 Å². The van der Waals surface area contributed by atoms with Gasteiger partial charge in [-0.1, -0.05) is 20.3 Å². The third kappa shape index (κ3) is 2.52. The molecule has 4 fully saturated rings. The monoisotopic (exact) mass is 416 g/mol. The smallest absolute Gasteiger partial charge is 0.160 e. The first-order valence-electron chi connectivity index (χ1n) is 11.6. The third-order valence-corrected chi connectivity index (χ3v) is 9.93. The minimum Gasteiger partial charge on any atom is -0.508 e. The molecule has 1 heterocycles. The van der Waals surface area contributed by atoms with Crippen molar-refractivity contribution in [3.63, 3.8) is 0 Å². The Balaban J connectivity index is 1.64. The number of phenols is 2. The van der Waals surface area contributed by atoms with Gasteiger partial charge in [0.05, 0.1) is 12.2 Å². The summed E-state index contributed by atoms with van der Waals surface area (Å²) in [6, 6.07) is 4.67. The van der Waals surface area contributed by atoms with Crippen LogP contribution in [0.5, 0.6) is 11.5 Å². The molecule has 1 aromatic carbocycles. The summed E-state index contributed by atoms with van der Waals surface area (Å²) in [6.45, 7) is 6.95. The molecule has 4 aliphatic rings. The predicted octanol–water partition coefficient (Wildman–Crippen LogP) is 4.28. The molecule has 1 aliphatic heterocycles. The van der Waals surface area contributed by atoms with E-state index < -0.39 is 11.9 Å². The summed E-state index contributed by atoms with van der Waals surface area (Å²) in [5.41, 5.74) is -0.751. The number of aromatic hydroxyl groups is 2. The first kappa shape index (κ1) is 20.6. The van der Waals surface area contributed by atoms with Crippen LogP contribution in [0.2, 0.25) is 0 Å². The second-order valence-electron chi connectivity index (χ2n) is 11.5. The number of aliphatic hydroxyl groups is 2. The Morgan fingerprint density at radius 1 is 0.933 bits per heavy atom. The molecule has 5 rings (SSSR count). The van der Waals surface area contributed by atoms with Gasteiger partial charge in [0.1, 0.15) is 11.5 Å². The van der Waals surface area contributed by atoms with Crippen LogP contribution in [0.15, 0.2) is 18.2 Å². The Kier molecular flexibility index (Phi) is 4.37. The largest absolute Gasteiger partial charge is 0.508 e. The van der Waals surface area contributed by atoms with Gasteiger partial charge in [0, 0.05) is 22.3 Å². The lowest BCUT2D eigenvalue weighted by Gasteiger charge is -2.70. The van der Waals surface area contributed by atoms with E-state index in [1.54, 1.807) is 6.07 Å². The number of aliphatic hydroxyl groups excluding tert-OH is 1. The molecule has 166 valence electrons. The highest BCUT2D eigenvalue weighted by molar-refractivity contribution is 5.44. The lowest BCUT2D eigenvalue weighted by Crippen LogP contribution is -2.68. The summed E-state index contributed by atoms with van der Waals surface area (Å²) in [7, 11) is 0. The zero-order chi connectivity index (χ0) is 21.5. The highest BCUT2D eigenvalue weighted by atomic mass is 16.6. The molecule has 8 atom stereocenters. The molecule has 1 aromatic rings. The van der Waals surface area contributed by atoms with Gasteiger partial charge in [-0.25, -0.2) is 0 Å². The molecule has 0 aromatic heterocycles. The molecular weight excluding hydrogens is 380 g/mol. The van der Waals surface area contributed by atoms with Gasteiger partial charge in [-0.3, -0.25) is 0 Å². The van der Waals surface area contributed by atoms with E-state index >= 15 is 0 Å². The van der Waals surface area contributed by atoms with Crippen LogP contribution in [0.4, 0.5) is 0 Å². The highest BCUT2D eigenvalue weighted by Gasteiger charge is 2.69. The van der Waals surface area contributed by atoms with Gasteiger partial charge >= 0.3 is 0 Å². The summed E-state index contributed by atoms with van der Waals surface area (Å²) in [4.78, 5) is 0. The van der Waals surface area contributed by atoms with Gasteiger partial charge in [-0.05, 0) is 80.9 Å². The Bertz CT molecular complexity index is 852. The maximum absolute atomic E-state index is 11.6. The van der Waals surface area contributed by atoms with E-state index in [0.29, 0.717) is 30.4 Å². The fourth-order valence-electron chi connectivity index (χ4n) is 8.83. The van der Waals surface area contributed by atoms with E-state index in [0.717, 1.165) is 38.5 Å². The van der Waals surface area contributed by atoms with Crippen molar-refractivity contribution in [2.75, 3.05) is 6.61 Å². The van der Waals surface area contributed by atoms with Crippen LogP contribution < -0.4 is 0 Å². The maximum atomic E-state index is 11.6. The fourth-order valence-corrected chi connectivity index (χ4v) is 8.83. The topological polar surface area (TPSA) is 90.2 Å². The molecular formula is C25H36O5. The van der Waals surface area contributed by atoms with Crippen molar-refractivity contribution in [1.29, 1.82) is 0 Å². The lowest BCUT2D eigenvalue weighted by atomic mass is 9.36. The molecule has 0 amide bonds. The summed E-state index contributed by atoms with van der Waals surface area (Å²) < 4.78 is 6.04. The Morgan fingerprint density at radius 3 is 2.40 bits per heavy atom. The van der Waals surface area contributed by atoms with Crippen LogP contribution in [-0.2, 0) is 4.74 Å². The number of ether oxygens (including phenoxy) is 1. The third-order valence-electron chi connectivity index (χ3n) is 9.93. The number of hydrogen-bond donors (Lipinski definition) is 4. The molecule has 1 saturated heterocycles. The molecule has 5 heteroatoms. The van der Waals surface area contributed by atoms with Crippen LogP contribution in [0.1, 0.15) is 77.2 Å². The van der Waals surface area contributed by atoms with Gasteiger partial charge in [0.2, 0.25) is 0 Å². The summed E-state index contributed by atoms with van der Waals surface area (Å²) in [6.07, 6.45) is 6.00. The summed E-state index contributed by atoms with van der Waals surface area (Å²) >= 11 is 0. The Labute approximate surface area is 179 Å². The molecule has 0 spiro atoms. The Hall–Kier alpha value is -1.30. The zero-order valence-corrected chi connectivity index (χ0v) is 18.4. The fraction of sp³-hybridized carbons (Fsp3) is 0.760. The van der Waals surface area contributed by atoms with Crippen molar-refractivity contribution in [2.24, 2.45) is 28.1 Å². The number of fused-ring (bicyclic) bond motifs is 1. The summed E-state index contributed by atoms with van der Waals surface area (Å²) in [5.74, 6) is 0.741. The maximum Gasteiger partial charge on any atom is 0.160 e. The average molecular weight is 417 g/mol. The van der Waals surface area contributed by atoms with Crippen molar-refractivity contribution in [3.05, 3.63) is 23.8 Å². The standard InChI is InChI=1S/C25H36O5/c1-22-11-7-19-23(2)9-4-10-25(19,14-30-21(23)28)18(22)8-12-24(3,29)20(22)16-13-15(26)5-6-17(16)27/h5-6,13,18-21,26-29H,4,7-12,14H2,1-3H3/t18?,19?,20?,21-,22?,23-,24?,25-/m0/s1. The number of benzene rings is 1. The summed E-state index contributed by atoms with van der Waals surface area (Å²) in [5, 5.41) is 43.2. The van der Waals surface area contributed by atoms with Crippen LogP contribution in [0.3, 0.4) is 0 Å². The SMILES string of the molecule is CC1(O)CCC2C(C)(CCC3[C@]24CCC[C@]3(C)[C@@H](O)OC4)C1c1cc(O)ccc1O.